The van der Waals surface area contributed by atoms with Crippen molar-refractivity contribution >= 4 is 28.2 Å². The first-order valence-corrected chi connectivity index (χ1v) is 16.8. The number of nitriles is 1. The molecule has 1 unspecified atom stereocenters. The van der Waals surface area contributed by atoms with Gasteiger partial charge >= 0.3 is 6.01 Å². The molecule has 1 amide bonds. The van der Waals surface area contributed by atoms with Crippen molar-refractivity contribution < 1.29 is 18.7 Å². The summed E-state index contributed by atoms with van der Waals surface area (Å²) in [6.07, 6.45) is 4.00. The minimum atomic E-state index is -1.01. The summed E-state index contributed by atoms with van der Waals surface area (Å²) in [5.41, 5.74) is 4.40. The van der Waals surface area contributed by atoms with Crippen LogP contribution < -0.4 is 14.5 Å². The molecule has 2 aromatic carbocycles. The van der Waals surface area contributed by atoms with Gasteiger partial charge in [-0.05, 0) is 49.6 Å². The summed E-state index contributed by atoms with van der Waals surface area (Å²) in [6, 6.07) is 15.7. The van der Waals surface area contributed by atoms with Crippen LogP contribution in [0.1, 0.15) is 42.5 Å². The van der Waals surface area contributed by atoms with E-state index in [2.05, 4.69) is 70.7 Å². The maximum atomic E-state index is 13.9. The largest absolute Gasteiger partial charge is 0.462 e. The van der Waals surface area contributed by atoms with Gasteiger partial charge in [0, 0.05) is 74.7 Å². The van der Waals surface area contributed by atoms with Gasteiger partial charge in [-0.15, -0.1) is 0 Å². The summed E-state index contributed by atoms with van der Waals surface area (Å²) in [7, 11) is 0. The van der Waals surface area contributed by atoms with Crippen LogP contribution in [0.25, 0.3) is 10.8 Å². The molecule has 10 nitrogen and oxygen atoms in total. The smallest absolute Gasteiger partial charge is 0.318 e. The highest BCUT2D eigenvalue weighted by Gasteiger charge is 2.37. The molecule has 11 heteroatoms. The van der Waals surface area contributed by atoms with Crippen molar-refractivity contribution in [1.29, 1.82) is 5.26 Å². The van der Waals surface area contributed by atoms with Crippen LogP contribution in [-0.2, 0) is 22.5 Å². The number of aromatic nitrogens is 2. The fourth-order valence-corrected chi connectivity index (χ4v) is 7.75. The minimum Gasteiger partial charge on any atom is -0.462 e. The van der Waals surface area contributed by atoms with E-state index in [9.17, 15) is 14.4 Å². The molecular weight excluding hydrogens is 597 g/mol. The predicted octanol–water partition coefficient (Wildman–Crippen LogP) is 4.55. The molecule has 0 aliphatic carbocycles. The molecule has 0 N–H and O–H groups in total. The second-order valence-electron chi connectivity index (χ2n) is 13.1. The lowest BCUT2D eigenvalue weighted by molar-refractivity contribution is -0.131. The normalized spacial score (nSPS) is 22.0. The van der Waals surface area contributed by atoms with Gasteiger partial charge in [0.05, 0.1) is 30.8 Å². The zero-order valence-corrected chi connectivity index (χ0v) is 27.0. The third-order valence-corrected chi connectivity index (χ3v) is 10.3. The number of anilines is 2. The molecule has 3 aromatic rings. The van der Waals surface area contributed by atoms with E-state index < -0.39 is 17.8 Å². The second-order valence-corrected chi connectivity index (χ2v) is 13.1. The van der Waals surface area contributed by atoms with Crippen LogP contribution in [0.4, 0.5) is 15.9 Å². The van der Waals surface area contributed by atoms with Gasteiger partial charge in [0.1, 0.15) is 12.4 Å². The monoisotopic (exact) mass is 639 g/mol. The van der Waals surface area contributed by atoms with Gasteiger partial charge in [-0.3, -0.25) is 9.69 Å². The SMILES string of the molecule is C=C(F)C(=O)N1CCN(c2nc(OCC3CCN3C3CCOCC3)nc3c2CCN(c2cccc4cccc(C)c24)C3)C[C@@H]1CC#N. The fraction of sp³-hybridized carbons (Fsp3) is 0.500. The molecule has 4 aliphatic rings. The van der Waals surface area contributed by atoms with E-state index in [0.717, 1.165) is 69.1 Å². The van der Waals surface area contributed by atoms with E-state index in [4.69, 9.17) is 19.4 Å². The summed E-state index contributed by atoms with van der Waals surface area (Å²) in [5, 5.41) is 12.0. The molecule has 0 spiro atoms. The van der Waals surface area contributed by atoms with Crippen molar-refractivity contribution in [2.45, 2.75) is 63.7 Å². The Labute approximate surface area is 275 Å². The number of likely N-dealkylation sites (tertiary alicyclic amines) is 1. The van der Waals surface area contributed by atoms with Crippen molar-refractivity contribution in [1.82, 2.24) is 19.8 Å². The van der Waals surface area contributed by atoms with Crippen LogP contribution in [0, 0.1) is 18.3 Å². The molecule has 3 saturated heterocycles. The van der Waals surface area contributed by atoms with Gasteiger partial charge in [-0.1, -0.05) is 36.9 Å². The molecule has 47 heavy (non-hydrogen) atoms. The van der Waals surface area contributed by atoms with Crippen LogP contribution in [-0.4, -0.2) is 96.3 Å². The van der Waals surface area contributed by atoms with E-state index in [0.29, 0.717) is 44.3 Å². The molecule has 246 valence electrons. The minimum absolute atomic E-state index is 0.0874. The number of ether oxygens (including phenoxy) is 2. The molecule has 1 aromatic heterocycles. The molecule has 0 bridgehead atoms. The molecule has 0 radical (unpaired) electrons. The number of benzene rings is 2. The Balaban J connectivity index is 1.18. The van der Waals surface area contributed by atoms with Crippen LogP contribution in [0.15, 0.2) is 48.8 Å². The number of carbonyl (C=O) groups is 1. The lowest BCUT2D eigenvalue weighted by atomic mass is 9.96. The van der Waals surface area contributed by atoms with E-state index in [-0.39, 0.29) is 13.0 Å². The molecule has 3 fully saturated rings. The Morgan fingerprint density at radius 3 is 2.62 bits per heavy atom. The quantitative estimate of drug-likeness (QED) is 0.329. The average Bonchev–Trinajstić information content (AvgIpc) is 3.07. The third kappa shape index (κ3) is 6.24. The molecule has 5 heterocycles. The lowest BCUT2D eigenvalue weighted by Gasteiger charge is -2.47. The first-order valence-electron chi connectivity index (χ1n) is 16.8. The Hall–Kier alpha value is -4.27. The summed E-state index contributed by atoms with van der Waals surface area (Å²) in [5.74, 6) is -0.983. The Morgan fingerprint density at radius 2 is 1.87 bits per heavy atom. The highest BCUT2D eigenvalue weighted by molar-refractivity contribution is 5.97. The average molecular weight is 640 g/mol. The number of aryl methyl sites for hydroxylation is 1. The summed E-state index contributed by atoms with van der Waals surface area (Å²) < 4.78 is 25.9. The van der Waals surface area contributed by atoms with Crippen LogP contribution in [0.2, 0.25) is 0 Å². The van der Waals surface area contributed by atoms with E-state index in [1.807, 2.05) is 0 Å². The number of hydrogen-bond donors (Lipinski definition) is 0. The number of piperazine rings is 1. The number of nitrogens with zero attached hydrogens (tertiary/aromatic N) is 7. The van der Waals surface area contributed by atoms with E-state index in [1.54, 1.807) is 0 Å². The predicted molar refractivity (Wildman–Crippen MR) is 178 cm³/mol. The molecule has 0 saturated carbocycles. The summed E-state index contributed by atoms with van der Waals surface area (Å²) in [4.78, 5) is 31.1. The Kier molecular flexibility index (Phi) is 8.97. The van der Waals surface area contributed by atoms with Gasteiger partial charge in [0.2, 0.25) is 0 Å². The number of hydrogen-bond acceptors (Lipinski definition) is 9. The van der Waals surface area contributed by atoms with Gasteiger partial charge in [-0.2, -0.15) is 15.2 Å². The van der Waals surface area contributed by atoms with Crippen molar-refractivity contribution in [3.63, 3.8) is 0 Å². The maximum Gasteiger partial charge on any atom is 0.318 e. The number of fused-ring (bicyclic) bond motifs is 2. The van der Waals surface area contributed by atoms with E-state index >= 15 is 0 Å². The molecule has 2 atom stereocenters. The molecular formula is C36H42FN7O3. The second kappa shape index (κ2) is 13.5. The van der Waals surface area contributed by atoms with Gasteiger partial charge in [-0.25, -0.2) is 4.39 Å². The topological polar surface area (TPSA) is 98.1 Å². The number of halogens is 1. The highest BCUT2D eigenvalue weighted by Crippen LogP contribution is 2.36. The number of amides is 1. The van der Waals surface area contributed by atoms with Crippen molar-refractivity contribution in [3.8, 4) is 12.1 Å². The van der Waals surface area contributed by atoms with Crippen molar-refractivity contribution in [2.75, 3.05) is 62.3 Å². The van der Waals surface area contributed by atoms with Gasteiger partial charge in [0.25, 0.3) is 5.91 Å². The highest BCUT2D eigenvalue weighted by atomic mass is 19.1. The summed E-state index contributed by atoms with van der Waals surface area (Å²) in [6.45, 7) is 11.0. The first kappa shape index (κ1) is 31.3. The van der Waals surface area contributed by atoms with Crippen molar-refractivity contribution in [3.05, 3.63) is 65.6 Å². The van der Waals surface area contributed by atoms with Gasteiger partial charge in [0.15, 0.2) is 5.83 Å². The molecule has 4 aliphatic heterocycles. The van der Waals surface area contributed by atoms with Gasteiger partial charge < -0.3 is 24.2 Å². The maximum absolute atomic E-state index is 13.9. The number of rotatable bonds is 8. The van der Waals surface area contributed by atoms with Crippen LogP contribution in [0.3, 0.4) is 0 Å². The van der Waals surface area contributed by atoms with E-state index in [1.165, 1.54) is 26.9 Å². The first-order chi connectivity index (χ1) is 22.9. The fourth-order valence-electron chi connectivity index (χ4n) is 7.75. The van der Waals surface area contributed by atoms with Crippen LogP contribution >= 0.6 is 0 Å². The zero-order valence-electron chi connectivity index (χ0n) is 27.0. The number of carbonyl (C=O) groups excluding carboxylic acids is 1. The zero-order chi connectivity index (χ0) is 32.5. The molecule has 7 rings (SSSR count). The van der Waals surface area contributed by atoms with Crippen molar-refractivity contribution in [2.24, 2.45) is 0 Å². The Bertz CT molecular complexity index is 1700. The van der Waals surface area contributed by atoms with Crippen LogP contribution in [0.5, 0.6) is 6.01 Å². The standard InChI is InChI=1S/C36H42FN7O3/c1-24-5-3-6-26-7-4-8-32(33(24)26)41-15-11-30-31(22-41)39-36(47-23-29-10-16-43(29)27-12-19-46-20-13-27)40-34(30)42-17-18-44(35(45)25(2)37)28(21-42)9-14-38/h3-8,27-29H,2,9-13,15-23H2,1H3/t28-,29?/m0/s1. The Morgan fingerprint density at radius 1 is 1.06 bits per heavy atom. The lowest BCUT2D eigenvalue weighted by Crippen LogP contribution is -2.57. The third-order valence-electron chi connectivity index (χ3n) is 10.3. The summed E-state index contributed by atoms with van der Waals surface area (Å²) >= 11 is 0.